The SMILES string of the molecule is CC[C@@H](C)n1c(S[C@H](C)C(=O)Nc2cccc(C)c2)nc2ccccc2c1=O. The average molecular weight is 396 g/mol. The fourth-order valence-electron chi connectivity index (χ4n) is 2.96. The van der Waals surface area contributed by atoms with Crippen molar-refractivity contribution in [3.8, 4) is 0 Å². The van der Waals surface area contributed by atoms with Crippen molar-refractivity contribution in [2.24, 2.45) is 0 Å². The van der Waals surface area contributed by atoms with Gasteiger partial charge in [-0.25, -0.2) is 4.98 Å². The van der Waals surface area contributed by atoms with Crippen molar-refractivity contribution in [2.75, 3.05) is 5.32 Å². The van der Waals surface area contributed by atoms with Gasteiger partial charge in [0.15, 0.2) is 5.16 Å². The molecule has 5 nitrogen and oxygen atoms in total. The minimum Gasteiger partial charge on any atom is -0.325 e. The van der Waals surface area contributed by atoms with Gasteiger partial charge in [0.2, 0.25) is 5.91 Å². The molecule has 1 amide bonds. The van der Waals surface area contributed by atoms with Gasteiger partial charge in [0.25, 0.3) is 5.56 Å². The van der Waals surface area contributed by atoms with Gasteiger partial charge in [-0.2, -0.15) is 0 Å². The van der Waals surface area contributed by atoms with E-state index in [9.17, 15) is 9.59 Å². The van der Waals surface area contributed by atoms with Crippen molar-refractivity contribution in [3.05, 3.63) is 64.4 Å². The number of amides is 1. The Labute approximate surface area is 169 Å². The molecule has 0 aliphatic carbocycles. The number of carbonyl (C=O) groups is 1. The number of carbonyl (C=O) groups excluding carboxylic acids is 1. The van der Waals surface area contributed by atoms with E-state index >= 15 is 0 Å². The van der Waals surface area contributed by atoms with Crippen molar-refractivity contribution >= 4 is 34.3 Å². The molecule has 2 atom stereocenters. The van der Waals surface area contributed by atoms with E-state index < -0.39 is 5.25 Å². The lowest BCUT2D eigenvalue weighted by Crippen LogP contribution is -2.28. The van der Waals surface area contributed by atoms with E-state index in [1.165, 1.54) is 11.8 Å². The third kappa shape index (κ3) is 4.28. The van der Waals surface area contributed by atoms with Crippen LogP contribution in [0, 0.1) is 6.92 Å². The first kappa shape index (κ1) is 20.1. The number of hydrogen-bond donors (Lipinski definition) is 1. The van der Waals surface area contributed by atoms with Gasteiger partial charge in [-0.3, -0.25) is 14.2 Å². The first-order chi connectivity index (χ1) is 13.4. The molecule has 1 aromatic heterocycles. The van der Waals surface area contributed by atoms with Crippen LogP contribution in [0.25, 0.3) is 10.9 Å². The maximum absolute atomic E-state index is 13.0. The average Bonchev–Trinajstić information content (AvgIpc) is 2.67. The lowest BCUT2D eigenvalue weighted by molar-refractivity contribution is -0.115. The number of fused-ring (bicyclic) bond motifs is 1. The van der Waals surface area contributed by atoms with Crippen molar-refractivity contribution in [1.29, 1.82) is 0 Å². The molecule has 0 aliphatic rings. The van der Waals surface area contributed by atoms with Crippen LogP contribution in [0.1, 0.15) is 38.8 Å². The summed E-state index contributed by atoms with van der Waals surface area (Å²) in [5.74, 6) is -0.117. The molecule has 146 valence electrons. The van der Waals surface area contributed by atoms with Gasteiger partial charge >= 0.3 is 0 Å². The Bertz CT molecular complexity index is 1060. The second-order valence-corrected chi connectivity index (χ2v) is 8.27. The minimum atomic E-state index is -0.399. The molecule has 0 bridgehead atoms. The zero-order chi connectivity index (χ0) is 20.3. The Kier molecular flexibility index (Phi) is 6.19. The Morgan fingerprint density at radius 3 is 2.64 bits per heavy atom. The van der Waals surface area contributed by atoms with E-state index in [4.69, 9.17) is 4.98 Å². The van der Waals surface area contributed by atoms with Crippen LogP contribution in [0.5, 0.6) is 0 Å². The number of nitrogens with one attached hydrogen (secondary N) is 1. The smallest absolute Gasteiger partial charge is 0.262 e. The Balaban J connectivity index is 1.91. The van der Waals surface area contributed by atoms with E-state index in [-0.39, 0.29) is 17.5 Å². The van der Waals surface area contributed by atoms with E-state index in [1.54, 1.807) is 10.6 Å². The molecule has 1 N–H and O–H groups in total. The molecule has 2 aromatic carbocycles. The zero-order valence-corrected chi connectivity index (χ0v) is 17.4. The third-order valence-electron chi connectivity index (χ3n) is 4.74. The van der Waals surface area contributed by atoms with Crippen molar-refractivity contribution in [3.63, 3.8) is 0 Å². The van der Waals surface area contributed by atoms with Crippen LogP contribution in [0.3, 0.4) is 0 Å². The highest BCUT2D eigenvalue weighted by Crippen LogP contribution is 2.26. The number of anilines is 1. The van der Waals surface area contributed by atoms with Crippen molar-refractivity contribution in [1.82, 2.24) is 9.55 Å². The number of aromatic nitrogens is 2. The highest BCUT2D eigenvalue weighted by molar-refractivity contribution is 8.00. The molecule has 0 aliphatic heterocycles. The van der Waals surface area contributed by atoms with Gasteiger partial charge in [0.1, 0.15) is 0 Å². The normalized spacial score (nSPS) is 13.3. The molecular weight excluding hydrogens is 370 g/mol. The minimum absolute atomic E-state index is 0.000796. The lowest BCUT2D eigenvalue weighted by Gasteiger charge is -2.20. The van der Waals surface area contributed by atoms with Gasteiger partial charge in [0.05, 0.1) is 16.2 Å². The molecule has 0 saturated heterocycles. The first-order valence-electron chi connectivity index (χ1n) is 9.46. The monoisotopic (exact) mass is 395 g/mol. The summed E-state index contributed by atoms with van der Waals surface area (Å²) < 4.78 is 1.71. The third-order valence-corrected chi connectivity index (χ3v) is 5.81. The van der Waals surface area contributed by atoms with Crippen LogP contribution in [0.4, 0.5) is 5.69 Å². The van der Waals surface area contributed by atoms with E-state index in [2.05, 4.69) is 5.32 Å². The Morgan fingerprint density at radius 2 is 1.93 bits per heavy atom. The molecule has 0 unspecified atom stereocenters. The first-order valence-corrected chi connectivity index (χ1v) is 10.3. The molecule has 28 heavy (non-hydrogen) atoms. The van der Waals surface area contributed by atoms with Crippen LogP contribution in [-0.4, -0.2) is 20.7 Å². The summed E-state index contributed by atoms with van der Waals surface area (Å²) in [4.78, 5) is 30.4. The molecular formula is C22H25N3O2S. The topological polar surface area (TPSA) is 64.0 Å². The maximum Gasteiger partial charge on any atom is 0.262 e. The predicted octanol–water partition coefficient (Wildman–Crippen LogP) is 4.80. The van der Waals surface area contributed by atoms with E-state index in [0.717, 1.165) is 17.7 Å². The molecule has 0 fully saturated rings. The van der Waals surface area contributed by atoms with Crippen LogP contribution in [0.15, 0.2) is 58.5 Å². The maximum atomic E-state index is 13.0. The number of rotatable bonds is 6. The fraction of sp³-hybridized carbons (Fsp3) is 0.318. The van der Waals surface area contributed by atoms with Gasteiger partial charge in [-0.05, 0) is 57.0 Å². The lowest BCUT2D eigenvalue weighted by atomic mass is 10.2. The summed E-state index contributed by atoms with van der Waals surface area (Å²) in [6.45, 7) is 7.85. The zero-order valence-electron chi connectivity index (χ0n) is 16.6. The second kappa shape index (κ2) is 8.61. The second-order valence-electron chi connectivity index (χ2n) is 6.96. The number of hydrogen-bond acceptors (Lipinski definition) is 4. The number of benzene rings is 2. The summed E-state index contributed by atoms with van der Waals surface area (Å²) in [5, 5.41) is 3.72. The van der Waals surface area contributed by atoms with Gasteiger partial charge in [-0.15, -0.1) is 0 Å². The van der Waals surface area contributed by atoms with Crippen LogP contribution in [0.2, 0.25) is 0 Å². The standard InChI is InChI=1S/C22H25N3O2S/c1-5-15(3)25-21(27)18-11-6-7-12-19(18)24-22(25)28-16(4)20(26)23-17-10-8-9-14(2)13-17/h6-13,15-16H,5H2,1-4H3,(H,23,26)/t15-,16-/m1/s1. The number of para-hydroxylation sites is 1. The highest BCUT2D eigenvalue weighted by atomic mass is 32.2. The summed E-state index contributed by atoms with van der Waals surface area (Å²) in [7, 11) is 0. The quantitative estimate of drug-likeness (QED) is 0.481. The molecule has 0 saturated carbocycles. The molecule has 0 radical (unpaired) electrons. The summed E-state index contributed by atoms with van der Waals surface area (Å²) in [6, 6.07) is 15.0. The van der Waals surface area contributed by atoms with E-state index in [0.29, 0.717) is 16.1 Å². The van der Waals surface area contributed by atoms with E-state index in [1.807, 2.05) is 70.2 Å². The summed E-state index contributed by atoms with van der Waals surface area (Å²) in [6.07, 6.45) is 0.803. The Morgan fingerprint density at radius 1 is 1.18 bits per heavy atom. The number of nitrogens with zero attached hydrogens (tertiary/aromatic N) is 2. The fourth-order valence-corrected chi connectivity index (χ4v) is 3.97. The molecule has 3 rings (SSSR count). The molecule has 6 heteroatoms. The van der Waals surface area contributed by atoms with Gasteiger partial charge < -0.3 is 5.32 Å². The number of aryl methyl sites for hydroxylation is 1. The van der Waals surface area contributed by atoms with Gasteiger partial charge in [0, 0.05) is 11.7 Å². The highest BCUT2D eigenvalue weighted by Gasteiger charge is 2.21. The molecule has 3 aromatic rings. The molecule has 0 spiro atoms. The van der Waals surface area contributed by atoms with Crippen LogP contribution < -0.4 is 10.9 Å². The molecule has 1 heterocycles. The van der Waals surface area contributed by atoms with Crippen LogP contribution in [-0.2, 0) is 4.79 Å². The predicted molar refractivity (Wildman–Crippen MR) is 116 cm³/mol. The summed E-state index contributed by atoms with van der Waals surface area (Å²) in [5.41, 5.74) is 2.44. The number of thioether (sulfide) groups is 1. The van der Waals surface area contributed by atoms with Gasteiger partial charge in [-0.1, -0.05) is 43.0 Å². The van der Waals surface area contributed by atoms with Crippen molar-refractivity contribution < 1.29 is 4.79 Å². The largest absolute Gasteiger partial charge is 0.325 e. The van der Waals surface area contributed by atoms with Crippen molar-refractivity contribution in [2.45, 2.75) is 50.6 Å². The summed E-state index contributed by atoms with van der Waals surface area (Å²) >= 11 is 1.31. The van der Waals surface area contributed by atoms with Crippen LogP contribution >= 0.6 is 11.8 Å². The Hall–Kier alpha value is -2.60.